The Kier molecular flexibility index (Phi) is 1.74. The van der Waals surface area contributed by atoms with E-state index in [0.717, 1.165) is 5.06 Å². The van der Waals surface area contributed by atoms with E-state index in [-0.39, 0.29) is 0 Å². The number of rotatable bonds is 0. The molecule has 0 radical (unpaired) electrons. The van der Waals surface area contributed by atoms with Gasteiger partial charge in [0.2, 0.25) is 0 Å². The minimum Gasteiger partial charge on any atom is -0.314 e. The lowest BCUT2D eigenvalue weighted by molar-refractivity contribution is -0.0823. The van der Waals surface area contributed by atoms with Gasteiger partial charge in [0.25, 0.3) is 0 Å². The summed E-state index contributed by atoms with van der Waals surface area (Å²) in [4.78, 5) is 0. The number of hydrogen-bond acceptors (Lipinski definition) is 4. The van der Waals surface area contributed by atoms with Crippen LogP contribution in [-0.4, -0.2) is 39.1 Å². The number of hydrogen-bond donors (Lipinski definition) is 2. The van der Waals surface area contributed by atoms with Crippen molar-refractivity contribution in [1.82, 2.24) is 5.06 Å². The first-order valence-corrected chi connectivity index (χ1v) is 4.68. The topological polar surface area (TPSA) is 64.4 Å². The predicted molar refractivity (Wildman–Crippen MR) is 34.0 cm³/mol. The van der Waals surface area contributed by atoms with Gasteiger partial charge in [0.15, 0.2) is 0 Å². The van der Waals surface area contributed by atoms with E-state index >= 15 is 0 Å². The normalized spacial score (nSPS) is 28.1. The minimum atomic E-state index is -2.32. The van der Waals surface area contributed by atoms with Crippen molar-refractivity contribution in [3.8, 4) is 0 Å². The molecule has 9 heavy (non-hydrogen) atoms. The maximum absolute atomic E-state index is 10.9. The Balaban J connectivity index is 2.55. The first kappa shape index (κ1) is 6.98. The monoisotopic (exact) mass is 150 g/mol. The molecule has 1 aliphatic rings. The van der Waals surface area contributed by atoms with E-state index in [1.165, 1.54) is 0 Å². The van der Waals surface area contributed by atoms with Gasteiger partial charge in [0, 0.05) is 34.3 Å². The molecule has 0 aromatic rings. The van der Waals surface area contributed by atoms with Crippen LogP contribution in [0.4, 0.5) is 0 Å². The first-order valence-electron chi connectivity index (χ1n) is 2.78. The maximum atomic E-state index is 10.9. The standard InChI is InChI=1S/C4H10N2O2S/c5-9(8)3-1-6(7)2-4-9/h5,7H,1-4H2. The molecule has 0 atom stereocenters. The van der Waals surface area contributed by atoms with E-state index in [4.69, 9.17) is 9.99 Å². The number of nitrogens with one attached hydrogen (secondary N) is 1. The number of hydroxylamine groups is 2. The zero-order chi connectivity index (χ0) is 6.91. The Hall–Kier alpha value is -0.130. The van der Waals surface area contributed by atoms with Gasteiger partial charge in [0.05, 0.1) is 0 Å². The summed E-state index contributed by atoms with van der Waals surface area (Å²) in [5, 5.41) is 9.87. The van der Waals surface area contributed by atoms with Crippen LogP contribution in [0.15, 0.2) is 0 Å². The summed E-state index contributed by atoms with van der Waals surface area (Å²) in [6, 6.07) is 0. The second-order valence-electron chi connectivity index (χ2n) is 2.17. The molecule has 2 N–H and O–H groups in total. The summed E-state index contributed by atoms with van der Waals surface area (Å²) >= 11 is 0. The Morgan fingerprint density at radius 3 is 2.22 bits per heavy atom. The van der Waals surface area contributed by atoms with Gasteiger partial charge in [-0.15, -0.1) is 0 Å². The molecule has 0 aromatic heterocycles. The highest BCUT2D eigenvalue weighted by atomic mass is 32.2. The summed E-state index contributed by atoms with van der Waals surface area (Å²) in [5.74, 6) is 0.618. The van der Waals surface area contributed by atoms with E-state index in [0.29, 0.717) is 24.6 Å². The Morgan fingerprint density at radius 1 is 1.44 bits per heavy atom. The molecule has 4 nitrogen and oxygen atoms in total. The molecule has 0 aliphatic carbocycles. The van der Waals surface area contributed by atoms with Crippen molar-refractivity contribution in [1.29, 1.82) is 4.78 Å². The number of nitrogens with zero attached hydrogens (tertiary/aromatic N) is 1. The summed E-state index contributed by atoms with van der Waals surface area (Å²) in [6.07, 6.45) is 0. The SMILES string of the molecule is N=S1(=O)CCN(O)CC1. The molecule has 1 fully saturated rings. The van der Waals surface area contributed by atoms with Crippen LogP contribution in [0.2, 0.25) is 0 Å². The van der Waals surface area contributed by atoms with Crippen LogP contribution < -0.4 is 0 Å². The zero-order valence-electron chi connectivity index (χ0n) is 5.04. The zero-order valence-corrected chi connectivity index (χ0v) is 5.86. The Morgan fingerprint density at radius 2 is 1.89 bits per heavy atom. The summed E-state index contributed by atoms with van der Waals surface area (Å²) in [5.41, 5.74) is 0. The quantitative estimate of drug-likeness (QED) is 0.500. The van der Waals surface area contributed by atoms with Crippen LogP contribution in [0, 0.1) is 4.78 Å². The molecule has 1 saturated heterocycles. The molecule has 0 aromatic carbocycles. The molecular weight excluding hydrogens is 140 g/mol. The van der Waals surface area contributed by atoms with Gasteiger partial charge in [0.1, 0.15) is 0 Å². The molecule has 0 bridgehead atoms. The molecule has 1 aliphatic heterocycles. The highest BCUT2D eigenvalue weighted by molar-refractivity contribution is 7.92. The van der Waals surface area contributed by atoms with Crippen molar-refractivity contribution in [2.24, 2.45) is 0 Å². The summed E-state index contributed by atoms with van der Waals surface area (Å²) < 4.78 is 18.0. The van der Waals surface area contributed by atoms with Crippen LogP contribution in [0.5, 0.6) is 0 Å². The Bertz CT molecular complexity index is 173. The van der Waals surface area contributed by atoms with Gasteiger partial charge in [-0.3, -0.25) is 4.78 Å². The first-order chi connectivity index (χ1) is 4.10. The lowest BCUT2D eigenvalue weighted by Gasteiger charge is -2.21. The largest absolute Gasteiger partial charge is 0.314 e. The fourth-order valence-electron chi connectivity index (χ4n) is 0.720. The maximum Gasteiger partial charge on any atom is 0.0468 e. The molecule has 0 amide bonds. The van der Waals surface area contributed by atoms with Crippen LogP contribution >= 0.6 is 0 Å². The van der Waals surface area contributed by atoms with Crippen LogP contribution in [0.1, 0.15) is 0 Å². The predicted octanol–water partition coefficient (Wildman–Crippen LogP) is -0.262. The highest BCUT2D eigenvalue weighted by Gasteiger charge is 2.16. The smallest absolute Gasteiger partial charge is 0.0468 e. The fourth-order valence-corrected chi connectivity index (χ4v) is 1.94. The van der Waals surface area contributed by atoms with E-state index in [2.05, 4.69) is 0 Å². The van der Waals surface area contributed by atoms with Crippen LogP contribution in [0.25, 0.3) is 0 Å². The third-order valence-electron chi connectivity index (χ3n) is 1.36. The lowest BCUT2D eigenvalue weighted by atomic mass is 10.6. The van der Waals surface area contributed by atoms with Crippen molar-refractivity contribution < 1.29 is 9.42 Å². The molecule has 0 unspecified atom stereocenters. The van der Waals surface area contributed by atoms with Gasteiger partial charge in [-0.25, -0.2) is 4.21 Å². The molecule has 54 valence electrons. The molecule has 0 saturated carbocycles. The molecule has 1 heterocycles. The van der Waals surface area contributed by atoms with Gasteiger partial charge < -0.3 is 5.21 Å². The van der Waals surface area contributed by atoms with Crippen molar-refractivity contribution in [2.75, 3.05) is 24.6 Å². The second-order valence-corrected chi connectivity index (χ2v) is 4.61. The molecule has 1 rings (SSSR count). The van der Waals surface area contributed by atoms with Gasteiger partial charge in [-0.1, -0.05) is 0 Å². The average Bonchev–Trinajstić information content (AvgIpc) is 1.78. The lowest BCUT2D eigenvalue weighted by Crippen LogP contribution is -2.37. The van der Waals surface area contributed by atoms with Crippen molar-refractivity contribution in [3.63, 3.8) is 0 Å². The van der Waals surface area contributed by atoms with Crippen molar-refractivity contribution >= 4 is 9.73 Å². The van der Waals surface area contributed by atoms with E-state index in [1.807, 2.05) is 0 Å². The minimum absolute atomic E-state index is 0.309. The average molecular weight is 150 g/mol. The summed E-state index contributed by atoms with van der Waals surface area (Å²) in [6.45, 7) is 0.755. The molecule has 5 heteroatoms. The third kappa shape index (κ3) is 1.92. The molecular formula is C4H10N2O2S. The highest BCUT2D eigenvalue weighted by Crippen LogP contribution is 2.00. The van der Waals surface area contributed by atoms with E-state index < -0.39 is 9.73 Å². The fraction of sp³-hybridized carbons (Fsp3) is 1.00. The van der Waals surface area contributed by atoms with Gasteiger partial charge >= 0.3 is 0 Å². The van der Waals surface area contributed by atoms with E-state index in [9.17, 15) is 4.21 Å². The van der Waals surface area contributed by atoms with Gasteiger partial charge in [-0.05, 0) is 0 Å². The van der Waals surface area contributed by atoms with Crippen molar-refractivity contribution in [3.05, 3.63) is 0 Å². The van der Waals surface area contributed by atoms with Gasteiger partial charge in [-0.2, -0.15) is 5.06 Å². The summed E-state index contributed by atoms with van der Waals surface area (Å²) in [7, 11) is -2.32. The molecule has 0 spiro atoms. The second kappa shape index (κ2) is 2.24. The van der Waals surface area contributed by atoms with Crippen molar-refractivity contribution in [2.45, 2.75) is 0 Å². The third-order valence-corrected chi connectivity index (χ3v) is 3.04. The van der Waals surface area contributed by atoms with Crippen LogP contribution in [0.3, 0.4) is 0 Å². The Labute approximate surface area is 54.4 Å². The van der Waals surface area contributed by atoms with Crippen LogP contribution in [-0.2, 0) is 9.73 Å². The van der Waals surface area contributed by atoms with E-state index in [1.54, 1.807) is 0 Å².